The van der Waals surface area contributed by atoms with Crippen LogP contribution >= 0.6 is 0 Å². The number of oxime groups is 1. The van der Waals surface area contributed by atoms with E-state index in [1.807, 2.05) is 18.2 Å². The summed E-state index contributed by atoms with van der Waals surface area (Å²) in [6.45, 7) is 6.71. The largest absolute Gasteiger partial charge is 0.411 e. The summed E-state index contributed by atoms with van der Waals surface area (Å²) in [5, 5.41) is 11.6. The van der Waals surface area contributed by atoms with Gasteiger partial charge in [-0.1, -0.05) is 41.6 Å². The summed E-state index contributed by atoms with van der Waals surface area (Å²) in [5.41, 5.74) is 3.16. The number of hydrogen-bond acceptors (Lipinski definition) is 5. The van der Waals surface area contributed by atoms with E-state index in [1.54, 1.807) is 0 Å². The van der Waals surface area contributed by atoms with Crippen molar-refractivity contribution >= 4 is 6.21 Å². The number of aromatic nitrogens is 1. The monoisotopic (exact) mass is 338 g/mol. The van der Waals surface area contributed by atoms with Crippen molar-refractivity contribution in [2.45, 2.75) is 19.4 Å². The maximum atomic E-state index is 8.59. The molecule has 25 heavy (non-hydrogen) atoms. The number of aryl methyl sites for hydroxylation is 1. The molecule has 2 aromatic rings. The lowest BCUT2D eigenvalue weighted by Gasteiger charge is -2.34. The number of piperazine rings is 1. The predicted octanol–water partition coefficient (Wildman–Crippen LogP) is 2.64. The highest BCUT2D eigenvalue weighted by Gasteiger charge is 2.16. The van der Waals surface area contributed by atoms with Gasteiger partial charge in [-0.05, 0) is 37.1 Å². The van der Waals surface area contributed by atoms with Crippen LogP contribution in [-0.4, -0.2) is 58.9 Å². The summed E-state index contributed by atoms with van der Waals surface area (Å²) in [6.07, 6.45) is 3.43. The van der Waals surface area contributed by atoms with Crippen LogP contribution in [0.2, 0.25) is 0 Å². The summed E-state index contributed by atoms with van der Waals surface area (Å²) >= 11 is 0. The second-order valence-electron chi connectivity index (χ2n) is 6.51. The zero-order chi connectivity index (χ0) is 17.3. The van der Waals surface area contributed by atoms with E-state index in [0.29, 0.717) is 5.69 Å². The number of pyridine rings is 1. The first-order valence-corrected chi connectivity index (χ1v) is 8.95. The van der Waals surface area contributed by atoms with Crippen molar-refractivity contribution in [1.82, 2.24) is 14.8 Å². The molecule has 132 valence electrons. The molecule has 5 nitrogen and oxygen atoms in total. The molecule has 1 aliphatic rings. The topological polar surface area (TPSA) is 52.0 Å². The van der Waals surface area contributed by atoms with Crippen molar-refractivity contribution in [3.63, 3.8) is 0 Å². The highest BCUT2D eigenvalue weighted by molar-refractivity contribution is 5.76. The van der Waals surface area contributed by atoms with Gasteiger partial charge in [0.05, 0.1) is 11.9 Å². The van der Waals surface area contributed by atoms with Gasteiger partial charge >= 0.3 is 0 Å². The fourth-order valence-corrected chi connectivity index (χ4v) is 3.26. The van der Waals surface area contributed by atoms with Crippen LogP contribution in [0.1, 0.15) is 23.4 Å². The van der Waals surface area contributed by atoms with Crippen LogP contribution in [0.15, 0.2) is 53.7 Å². The molecule has 5 heteroatoms. The Bertz CT molecular complexity index is 666. The molecule has 3 rings (SSSR count). The van der Waals surface area contributed by atoms with Crippen LogP contribution in [0.4, 0.5) is 0 Å². The molecule has 0 radical (unpaired) electrons. The van der Waals surface area contributed by atoms with E-state index < -0.39 is 0 Å². The highest BCUT2D eigenvalue weighted by Crippen LogP contribution is 2.09. The molecule has 0 unspecified atom stereocenters. The zero-order valence-electron chi connectivity index (χ0n) is 14.6. The lowest BCUT2D eigenvalue weighted by atomic mass is 10.1. The Balaban J connectivity index is 1.37. The molecular weight excluding hydrogens is 312 g/mol. The number of nitrogens with zero attached hydrogens (tertiary/aromatic N) is 4. The van der Waals surface area contributed by atoms with Gasteiger partial charge in [0.1, 0.15) is 0 Å². The minimum atomic E-state index is 0.703. The number of hydrogen-bond donors (Lipinski definition) is 1. The van der Waals surface area contributed by atoms with Crippen LogP contribution in [-0.2, 0) is 13.0 Å². The van der Waals surface area contributed by atoms with Crippen molar-refractivity contribution in [2.24, 2.45) is 5.16 Å². The molecule has 2 heterocycles. The van der Waals surface area contributed by atoms with Crippen molar-refractivity contribution in [2.75, 3.05) is 32.7 Å². The summed E-state index contributed by atoms with van der Waals surface area (Å²) < 4.78 is 0. The quantitative estimate of drug-likeness (QED) is 0.479. The van der Waals surface area contributed by atoms with Crippen molar-refractivity contribution in [3.8, 4) is 0 Å². The first kappa shape index (κ1) is 17.6. The van der Waals surface area contributed by atoms with Gasteiger partial charge in [-0.2, -0.15) is 0 Å². The van der Waals surface area contributed by atoms with Crippen molar-refractivity contribution in [1.29, 1.82) is 0 Å². The average molecular weight is 338 g/mol. The van der Waals surface area contributed by atoms with E-state index in [-0.39, 0.29) is 0 Å². The fourth-order valence-electron chi connectivity index (χ4n) is 3.26. The van der Waals surface area contributed by atoms with Gasteiger partial charge in [0, 0.05) is 38.4 Å². The fraction of sp³-hybridized carbons (Fsp3) is 0.400. The Morgan fingerprint density at radius 2 is 1.72 bits per heavy atom. The van der Waals surface area contributed by atoms with Crippen LogP contribution in [0.25, 0.3) is 0 Å². The molecule has 1 N–H and O–H groups in total. The van der Waals surface area contributed by atoms with E-state index >= 15 is 0 Å². The van der Waals surface area contributed by atoms with Gasteiger partial charge in [0.15, 0.2) is 0 Å². The Kier molecular flexibility index (Phi) is 6.54. The van der Waals surface area contributed by atoms with Crippen LogP contribution in [0, 0.1) is 0 Å². The second-order valence-corrected chi connectivity index (χ2v) is 6.51. The van der Waals surface area contributed by atoms with Gasteiger partial charge in [0.25, 0.3) is 0 Å². The Hall–Kier alpha value is -2.24. The van der Waals surface area contributed by atoms with Gasteiger partial charge < -0.3 is 10.1 Å². The Morgan fingerprint density at radius 3 is 2.48 bits per heavy atom. The molecule has 0 bridgehead atoms. The third kappa shape index (κ3) is 5.66. The van der Waals surface area contributed by atoms with Gasteiger partial charge in [0.2, 0.25) is 0 Å². The van der Waals surface area contributed by atoms with Crippen LogP contribution in [0.3, 0.4) is 0 Å². The van der Waals surface area contributed by atoms with Gasteiger partial charge in [-0.25, -0.2) is 0 Å². The van der Waals surface area contributed by atoms with Crippen LogP contribution < -0.4 is 0 Å². The third-order valence-corrected chi connectivity index (χ3v) is 4.64. The molecule has 0 atom stereocenters. The summed E-state index contributed by atoms with van der Waals surface area (Å²) in [5.74, 6) is 0. The molecular formula is C20H26N4O. The maximum Gasteiger partial charge on any atom is 0.0918 e. The van der Waals surface area contributed by atoms with Gasteiger partial charge in [-0.15, -0.1) is 0 Å². The highest BCUT2D eigenvalue weighted by atomic mass is 16.4. The van der Waals surface area contributed by atoms with Crippen molar-refractivity contribution < 1.29 is 5.21 Å². The first-order chi connectivity index (χ1) is 12.3. The molecule has 1 aliphatic heterocycles. The number of benzene rings is 1. The molecule has 1 aromatic carbocycles. The van der Waals surface area contributed by atoms with E-state index in [1.165, 1.54) is 11.8 Å². The second kappa shape index (κ2) is 9.30. The van der Waals surface area contributed by atoms with E-state index in [0.717, 1.165) is 57.8 Å². The summed E-state index contributed by atoms with van der Waals surface area (Å²) in [6, 6.07) is 16.5. The third-order valence-electron chi connectivity index (χ3n) is 4.64. The molecule has 0 spiro atoms. The molecule has 0 aliphatic carbocycles. The standard InChI is InChI=1S/C20H26N4O/c25-21-16-20-9-4-8-19(22-20)10-5-11-23-12-14-24(15-13-23)17-18-6-2-1-3-7-18/h1-4,6-9,16,25H,5,10-15,17H2/b21-16+. The molecule has 0 amide bonds. The summed E-state index contributed by atoms with van der Waals surface area (Å²) in [4.78, 5) is 9.54. The van der Waals surface area contributed by atoms with Crippen molar-refractivity contribution in [3.05, 3.63) is 65.5 Å². The molecule has 1 fully saturated rings. The minimum absolute atomic E-state index is 0.703. The smallest absolute Gasteiger partial charge is 0.0918 e. The molecule has 1 aromatic heterocycles. The summed E-state index contributed by atoms with van der Waals surface area (Å²) in [7, 11) is 0. The minimum Gasteiger partial charge on any atom is -0.411 e. The Morgan fingerprint density at radius 1 is 0.960 bits per heavy atom. The number of rotatable bonds is 7. The van der Waals surface area contributed by atoms with E-state index in [2.05, 4.69) is 50.3 Å². The maximum absolute atomic E-state index is 8.59. The van der Waals surface area contributed by atoms with E-state index in [4.69, 9.17) is 5.21 Å². The Labute approximate surface area is 149 Å². The molecule has 0 saturated carbocycles. The van der Waals surface area contributed by atoms with Crippen LogP contribution in [0.5, 0.6) is 0 Å². The zero-order valence-corrected chi connectivity index (χ0v) is 14.6. The lowest BCUT2D eigenvalue weighted by molar-refractivity contribution is 0.126. The lowest BCUT2D eigenvalue weighted by Crippen LogP contribution is -2.46. The SMILES string of the molecule is O/N=C/c1cccc(CCCN2CCN(Cc3ccccc3)CC2)n1. The normalized spacial score (nSPS) is 16.5. The predicted molar refractivity (Wildman–Crippen MR) is 100 cm³/mol. The molecule has 1 saturated heterocycles. The van der Waals surface area contributed by atoms with Gasteiger partial charge in [-0.3, -0.25) is 9.88 Å². The van der Waals surface area contributed by atoms with E-state index in [9.17, 15) is 0 Å². The average Bonchev–Trinajstić information content (AvgIpc) is 2.65. The first-order valence-electron chi connectivity index (χ1n) is 8.95.